The number of amides is 2. The second-order valence-electron chi connectivity index (χ2n) is 10.2. The third kappa shape index (κ3) is 9.01. The molecule has 0 aliphatic carbocycles. The minimum atomic E-state index is -3.96. The average molecular weight is 655 g/mol. The van der Waals surface area contributed by atoms with Gasteiger partial charge >= 0.3 is 0 Å². The van der Waals surface area contributed by atoms with E-state index in [2.05, 4.69) is 5.32 Å². The lowest BCUT2D eigenvalue weighted by molar-refractivity contribution is -0.140. The van der Waals surface area contributed by atoms with Gasteiger partial charge in [-0.2, -0.15) is 0 Å². The molecule has 0 spiro atoms. The molecular weight excluding hydrogens is 621 g/mol. The van der Waals surface area contributed by atoms with E-state index in [-0.39, 0.29) is 35.5 Å². The molecule has 3 aromatic carbocycles. The number of ether oxygens (including phenoxy) is 1. The summed E-state index contributed by atoms with van der Waals surface area (Å²) in [5.74, 6) is -0.513. The van der Waals surface area contributed by atoms with Gasteiger partial charge < -0.3 is 15.0 Å². The molecule has 12 heteroatoms. The van der Waals surface area contributed by atoms with Crippen molar-refractivity contribution >= 4 is 62.3 Å². The van der Waals surface area contributed by atoms with E-state index in [0.29, 0.717) is 27.9 Å². The van der Waals surface area contributed by atoms with Crippen molar-refractivity contribution in [2.45, 2.75) is 32.9 Å². The molecule has 0 heterocycles. The summed E-state index contributed by atoms with van der Waals surface area (Å²) in [5.41, 5.74) is 1.41. The first kappa shape index (κ1) is 33.5. The van der Waals surface area contributed by atoms with Crippen molar-refractivity contribution in [3.8, 4) is 5.75 Å². The number of benzene rings is 3. The first-order chi connectivity index (χ1) is 19.8. The monoisotopic (exact) mass is 653 g/mol. The highest BCUT2D eigenvalue weighted by atomic mass is 35.5. The summed E-state index contributed by atoms with van der Waals surface area (Å²) >= 11 is 19.3. The predicted molar refractivity (Wildman–Crippen MR) is 169 cm³/mol. The molecule has 0 aliphatic rings. The Morgan fingerprint density at radius 2 is 1.57 bits per heavy atom. The maximum atomic E-state index is 14.2. The first-order valence-corrected chi connectivity index (χ1v) is 16.1. The standard InChI is InChI=1S/C30H34Cl3N3O5S/c1-20(2)17-34-30(38)27(15-21-9-6-5-7-10-21)35(18-23-24(31)11-8-12-25(23)32)29(37)19-36(42(4,39)40)22-13-14-28(41-3)26(33)16-22/h5-14,16,20,27H,15,17-19H2,1-4H3,(H,34,38)/t27-/m0/s1. The van der Waals surface area contributed by atoms with E-state index < -0.39 is 28.5 Å². The lowest BCUT2D eigenvalue weighted by atomic mass is 10.0. The fraction of sp³-hybridized carbons (Fsp3) is 0.333. The number of rotatable bonds is 13. The number of anilines is 1. The minimum absolute atomic E-state index is 0.134. The Morgan fingerprint density at radius 1 is 0.929 bits per heavy atom. The molecule has 0 aromatic heterocycles. The van der Waals surface area contributed by atoms with Gasteiger partial charge in [0.1, 0.15) is 18.3 Å². The Hall–Kier alpha value is -2.98. The van der Waals surface area contributed by atoms with Crippen molar-refractivity contribution in [3.63, 3.8) is 0 Å². The molecular formula is C30H34Cl3N3O5S. The van der Waals surface area contributed by atoms with Gasteiger partial charge in [0, 0.05) is 35.1 Å². The number of carbonyl (C=O) groups is 2. The zero-order valence-electron chi connectivity index (χ0n) is 23.8. The number of nitrogens with zero attached hydrogens (tertiary/aromatic N) is 2. The van der Waals surface area contributed by atoms with Crippen LogP contribution in [-0.2, 0) is 32.6 Å². The number of nitrogens with one attached hydrogen (secondary N) is 1. The predicted octanol–water partition coefficient (Wildman–Crippen LogP) is 5.83. The normalized spacial score (nSPS) is 12.1. The number of hydrogen-bond donors (Lipinski definition) is 1. The lowest BCUT2D eigenvalue weighted by Crippen LogP contribution is -2.53. The fourth-order valence-electron chi connectivity index (χ4n) is 4.25. The minimum Gasteiger partial charge on any atom is -0.495 e. The summed E-state index contributed by atoms with van der Waals surface area (Å²) in [5, 5.41) is 3.72. The van der Waals surface area contributed by atoms with Crippen LogP contribution in [0.15, 0.2) is 66.7 Å². The van der Waals surface area contributed by atoms with E-state index >= 15 is 0 Å². The second-order valence-corrected chi connectivity index (χ2v) is 13.3. The van der Waals surface area contributed by atoms with Gasteiger partial charge in [-0.3, -0.25) is 13.9 Å². The van der Waals surface area contributed by atoms with E-state index in [4.69, 9.17) is 39.5 Å². The van der Waals surface area contributed by atoms with Crippen LogP contribution >= 0.6 is 34.8 Å². The zero-order chi connectivity index (χ0) is 31.0. The van der Waals surface area contributed by atoms with Gasteiger partial charge in [0.05, 0.1) is 24.1 Å². The third-order valence-electron chi connectivity index (χ3n) is 6.45. The molecule has 1 N–H and O–H groups in total. The average Bonchev–Trinajstić information content (AvgIpc) is 2.93. The maximum absolute atomic E-state index is 14.2. The Morgan fingerprint density at radius 3 is 2.12 bits per heavy atom. The van der Waals surface area contributed by atoms with Crippen molar-refractivity contribution in [1.82, 2.24) is 10.2 Å². The molecule has 42 heavy (non-hydrogen) atoms. The fourth-order valence-corrected chi connectivity index (χ4v) is 5.86. The number of carbonyl (C=O) groups excluding carboxylic acids is 2. The quantitative estimate of drug-likeness (QED) is 0.250. The van der Waals surface area contributed by atoms with Crippen LogP contribution in [0.3, 0.4) is 0 Å². The molecule has 0 saturated carbocycles. The summed E-state index contributed by atoms with van der Waals surface area (Å²) in [4.78, 5) is 29.2. The molecule has 0 aliphatic heterocycles. The molecule has 3 rings (SSSR count). The van der Waals surface area contributed by atoms with E-state index in [1.54, 1.807) is 18.2 Å². The number of sulfonamides is 1. The van der Waals surface area contributed by atoms with Crippen LogP contribution in [0.25, 0.3) is 0 Å². The Balaban J connectivity index is 2.10. The third-order valence-corrected chi connectivity index (χ3v) is 8.59. The smallest absolute Gasteiger partial charge is 0.244 e. The van der Waals surface area contributed by atoms with Gasteiger partial charge in [-0.05, 0) is 41.8 Å². The highest BCUT2D eigenvalue weighted by Gasteiger charge is 2.34. The largest absolute Gasteiger partial charge is 0.495 e. The molecule has 8 nitrogen and oxygen atoms in total. The molecule has 0 fully saturated rings. The van der Waals surface area contributed by atoms with Crippen molar-refractivity contribution in [2.24, 2.45) is 5.92 Å². The zero-order valence-corrected chi connectivity index (χ0v) is 26.9. The molecule has 0 unspecified atom stereocenters. The number of methoxy groups -OCH3 is 1. The van der Waals surface area contributed by atoms with Crippen molar-refractivity contribution in [3.05, 3.63) is 92.9 Å². The van der Waals surface area contributed by atoms with E-state index in [0.717, 1.165) is 16.1 Å². The lowest BCUT2D eigenvalue weighted by Gasteiger charge is -2.34. The Labute approximate surface area is 262 Å². The van der Waals surface area contributed by atoms with Gasteiger partial charge in [-0.25, -0.2) is 8.42 Å². The van der Waals surface area contributed by atoms with Crippen LogP contribution in [0, 0.1) is 5.92 Å². The highest BCUT2D eigenvalue weighted by molar-refractivity contribution is 7.92. The van der Waals surface area contributed by atoms with Crippen molar-refractivity contribution < 1.29 is 22.7 Å². The van der Waals surface area contributed by atoms with Crippen LogP contribution in [0.4, 0.5) is 5.69 Å². The van der Waals surface area contributed by atoms with Crippen LogP contribution in [0.5, 0.6) is 5.75 Å². The van der Waals surface area contributed by atoms with Crippen LogP contribution in [-0.4, -0.2) is 57.6 Å². The summed E-state index contributed by atoms with van der Waals surface area (Å²) in [6, 6.07) is 17.6. The second kappa shape index (κ2) is 15.0. The first-order valence-electron chi connectivity index (χ1n) is 13.2. The summed E-state index contributed by atoms with van der Waals surface area (Å²) < 4.78 is 32.0. The SMILES string of the molecule is COc1ccc(N(CC(=O)N(Cc2c(Cl)cccc2Cl)[C@@H](Cc2ccccc2)C(=O)NCC(C)C)S(C)(=O)=O)cc1Cl. The van der Waals surface area contributed by atoms with Crippen LogP contribution in [0.2, 0.25) is 15.1 Å². The van der Waals surface area contributed by atoms with Gasteiger partial charge in [0.25, 0.3) is 0 Å². The molecule has 0 bridgehead atoms. The Kier molecular flexibility index (Phi) is 11.9. The van der Waals surface area contributed by atoms with Gasteiger partial charge in [0.2, 0.25) is 21.8 Å². The van der Waals surface area contributed by atoms with Crippen LogP contribution in [0.1, 0.15) is 25.0 Å². The molecule has 0 saturated heterocycles. The summed E-state index contributed by atoms with van der Waals surface area (Å²) in [7, 11) is -2.53. The molecule has 0 radical (unpaired) electrons. The summed E-state index contributed by atoms with van der Waals surface area (Å²) in [6.07, 6.45) is 1.16. The van der Waals surface area contributed by atoms with Gasteiger partial charge in [-0.15, -0.1) is 0 Å². The van der Waals surface area contributed by atoms with E-state index in [9.17, 15) is 18.0 Å². The van der Waals surface area contributed by atoms with Crippen LogP contribution < -0.4 is 14.4 Å². The summed E-state index contributed by atoms with van der Waals surface area (Å²) in [6.45, 7) is 3.57. The topological polar surface area (TPSA) is 96.0 Å². The molecule has 2 amide bonds. The van der Waals surface area contributed by atoms with E-state index in [1.165, 1.54) is 30.2 Å². The molecule has 226 valence electrons. The van der Waals surface area contributed by atoms with Gasteiger partial charge in [0.15, 0.2) is 0 Å². The molecule has 3 aromatic rings. The van der Waals surface area contributed by atoms with Crippen molar-refractivity contribution in [2.75, 3.05) is 30.8 Å². The number of halogens is 3. The highest BCUT2D eigenvalue weighted by Crippen LogP contribution is 2.31. The van der Waals surface area contributed by atoms with Gasteiger partial charge in [-0.1, -0.05) is 85.0 Å². The Bertz CT molecular complexity index is 1480. The maximum Gasteiger partial charge on any atom is 0.244 e. The molecule has 1 atom stereocenters. The van der Waals surface area contributed by atoms with E-state index in [1.807, 2.05) is 44.2 Å². The van der Waals surface area contributed by atoms with Crippen molar-refractivity contribution in [1.29, 1.82) is 0 Å². The number of hydrogen-bond acceptors (Lipinski definition) is 5.